The predicted molar refractivity (Wildman–Crippen MR) is 138 cm³/mol. The zero-order valence-electron chi connectivity index (χ0n) is 20.8. The normalized spacial score (nSPS) is 18.3. The Morgan fingerprint density at radius 2 is 0.762 bits per heavy atom. The van der Waals surface area contributed by atoms with Crippen LogP contribution in [-0.2, 0) is 24.7 Å². The van der Waals surface area contributed by atoms with Gasteiger partial charge >= 0.3 is 24.7 Å². The van der Waals surface area contributed by atoms with Gasteiger partial charge in [0.2, 0.25) is 0 Å². The van der Waals surface area contributed by atoms with Crippen molar-refractivity contribution in [2.45, 2.75) is 62.5 Å². The summed E-state index contributed by atoms with van der Waals surface area (Å²) >= 11 is 10.2. The summed E-state index contributed by atoms with van der Waals surface area (Å²) in [6, 6.07) is 0.480. The van der Waals surface area contributed by atoms with Crippen molar-refractivity contribution in [3.8, 4) is 0 Å². The molecule has 3 rings (SSSR count). The van der Waals surface area contributed by atoms with E-state index in [9.17, 15) is 52.7 Å². The monoisotopic (exact) mass is 656 g/mol. The van der Waals surface area contributed by atoms with E-state index in [4.69, 9.17) is 24.4 Å². The fraction of sp³-hybridized carbons (Fsp3) is 0.417. The number of anilines is 2. The van der Waals surface area contributed by atoms with Gasteiger partial charge in [0.05, 0.1) is 22.3 Å². The Morgan fingerprint density at radius 1 is 0.500 bits per heavy atom. The van der Waals surface area contributed by atoms with E-state index in [1.807, 2.05) is 0 Å². The summed E-state index contributed by atoms with van der Waals surface area (Å²) < 4.78 is 158. The number of halogens is 12. The van der Waals surface area contributed by atoms with Gasteiger partial charge < -0.3 is 21.3 Å². The number of hydrogen-bond acceptors (Lipinski definition) is 2. The molecule has 4 nitrogen and oxygen atoms in total. The van der Waals surface area contributed by atoms with Crippen LogP contribution in [0.15, 0.2) is 36.4 Å². The minimum atomic E-state index is -5.08. The molecule has 2 aromatic carbocycles. The topological polar surface area (TPSA) is 48.1 Å². The van der Waals surface area contributed by atoms with Crippen LogP contribution in [0.1, 0.15) is 47.9 Å². The Morgan fingerprint density at radius 3 is 1.00 bits per heavy atom. The third kappa shape index (κ3) is 9.24. The van der Waals surface area contributed by atoms with E-state index >= 15 is 0 Å². The molecule has 0 radical (unpaired) electrons. The van der Waals surface area contributed by atoms with Crippen LogP contribution >= 0.6 is 24.4 Å². The third-order valence-electron chi connectivity index (χ3n) is 6.09. The maximum Gasteiger partial charge on any atom is 0.416 e. The summed E-state index contributed by atoms with van der Waals surface area (Å²) in [5, 5.41) is 9.49. The van der Waals surface area contributed by atoms with Crippen LogP contribution in [0.5, 0.6) is 0 Å². The summed E-state index contributed by atoms with van der Waals surface area (Å²) in [7, 11) is 0. The van der Waals surface area contributed by atoms with Crippen molar-refractivity contribution < 1.29 is 52.7 Å². The van der Waals surface area contributed by atoms with E-state index in [2.05, 4.69) is 21.3 Å². The second-order valence-corrected chi connectivity index (χ2v) is 10.1. The lowest BCUT2D eigenvalue weighted by Gasteiger charge is -2.34. The van der Waals surface area contributed by atoms with Crippen molar-refractivity contribution in [2.75, 3.05) is 10.6 Å². The lowest BCUT2D eigenvalue weighted by atomic mass is 9.90. The second-order valence-electron chi connectivity index (χ2n) is 9.28. The quantitative estimate of drug-likeness (QED) is 0.196. The Bertz CT molecular complexity index is 1140. The molecule has 0 unspecified atom stereocenters. The molecular formula is C24H20F12N4S2. The third-order valence-corrected chi connectivity index (χ3v) is 6.53. The maximum atomic E-state index is 13.2. The van der Waals surface area contributed by atoms with Crippen LogP contribution in [0, 0.1) is 0 Å². The van der Waals surface area contributed by atoms with Gasteiger partial charge in [-0.15, -0.1) is 0 Å². The molecule has 0 aliphatic heterocycles. The number of alkyl halides is 12. The van der Waals surface area contributed by atoms with Crippen molar-refractivity contribution in [3.05, 3.63) is 58.7 Å². The smallest absolute Gasteiger partial charge is 0.358 e. The molecule has 1 saturated carbocycles. The van der Waals surface area contributed by atoms with Crippen molar-refractivity contribution in [1.82, 2.24) is 10.6 Å². The molecule has 18 heteroatoms. The molecule has 0 saturated heterocycles. The number of benzene rings is 2. The Labute approximate surface area is 241 Å². The van der Waals surface area contributed by atoms with Gasteiger partial charge in [0, 0.05) is 23.5 Å². The molecule has 0 spiro atoms. The maximum absolute atomic E-state index is 13.2. The molecule has 0 heterocycles. The summed E-state index contributed by atoms with van der Waals surface area (Å²) in [4.78, 5) is 0. The van der Waals surface area contributed by atoms with E-state index in [-0.39, 0.29) is 22.4 Å². The molecule has 2 atom stereocenters. The molecule has 0 amide bonds. The number of thiocarbonyl (C=S) groups is 2. The minimum Gasteiger partial charge on any atom is -0.358 e. The van der Waals surface area contributed by atoms with E-state index in [0.29, 0.717) is 49.9 Å². The van der Waals surface area contributed by atoms with Crippen molar-refractivity contribution >= 4 is 46.0 Å². The molecule has 1 fully saturated rings. The predicted octanol–water partition coefficient (Wildman–Crippen LogP) is 8.35. The van der Waals surface area contributed by atoms with Crippen LogP contribution in [0.4, 0.5) is 64.1 Å². The zero-order valence-corrected chi connectivity index (χ0v) is 22.4. The minimum absolute atomic E-state index is 0.0429. The summed E-state index contributed by atoms with van der Waals surface area (Å²) in [6.45, 7) is 0. The molecule has 4 N–H and O–H groups in total. The standard InChI is InChI=1S/C24H20F12N4S2/c25-21(26,27)11-5-12(22(28,29)30)8-15(7-11)37-19(41)39-17-3-1-2-4-18(17)40-20(42)38-16-9-13(23(31,32)33)6-14(10-16)24(34,35)36/h5-10,17-18H,1-4H2,(H2,37,39,41)(H2,38,40,42)/t17-,18-/m0/s1. The highest BCUT2D eigenvalue weighted by Crippen LogP contribution is 2.39. The molecule has 2 aromatic rings. The van der Waals surface area contributed by atoms with Gasteiger partial charge in [0.1, 0.15) is 0 Å². The largest absolute Gasteiger partial charge is 0.416 e. The second kappa shape index (κ2) is 12.3. The first-order valence-electron chi connectivity index (χ1n) is 11.9. The van der Waals surface area contributed by atoms with Crippen LogP contribution in [0.3, 0.4) is 0 Å². The first-order chi connectivity index (χ1) is 19.1. The number of nitrogens with one attached hydrogen (secondary N) is 4. The molecule has 1 aliphatic rings. The van der Waals surface area contributed by atoms with E-state index in [0.717, 1.165) is 0 Å². The lowest BCUT2D eigenvalue weighted by molar-refractivity contribution is -0.144. The van der Waals surface area contributed by atoms with Gasteiger partial charge in [0.15, 0.2) is 10.2 Å². The van der Waals surface area contributed by atoms with Crippen molar-refractivity contribution in [3.63, 3.8) is 0 Å². The van der Waals surface area contributed by atoms with Crippen molar-refractivity contribution in [2.24, 2.45) is 0 Å². The lowest BCUT2D eigenvalue weighted by Crippen LogP contribution is -2.54. The average molecular weight is 657 g/mol. The summed E-state index contributed by atoms with van der Waals surface area (Å²) in [6.07, 6.45) is -18.3. The van der Waals surface area contributed by atoms with Crippen LogP contribution < -0.4 is 21.3 Å². The molecule has 232 valence electrons. The first kappa shape index (κ1) is 33.5. The summed E-state index contributed by atoms with van der Waals surface area (Å²) in [5.41, 5.74) is -7.40. The van der Waals surface area contributed by atoms with Gasteiger partial charge in [-0.1, -0.05) is 12.8 Å². The van der Waals surface area contributed by atoms with Gasteiger partial charge in [-0.25, -0.2) is 0 Å². The average Bonchev–Trinajstić information content (AvgIpc) is 2.82. The van der Waals surface area contributed by atoms with Crippen molar-refractivity contribution in [1.29, 1.82) is 0 Å². The Kier molecular flexibility index (Phi) is 9.81. The number of hydrogen-bond donors (Lipinski definition) is 4. The molecular weight excluding hydrogens is 636 g/mol. The Balaban J connectivity index is 1.73. The molecule has 1 aliphatic carbocycles. The Hall–Kier alpha value is -3.02. The van der Waals surface area contributed by atoms with Crippen LogP contribution in [0.2, 0.25) is 0 Å². The highest BCUT2D eigenvalue weighted by Gasteiger charge is 2.38. The SMILES string of the molecule is FC(F)(F)c1cc(NC(=S)N[C@H]2CCCC[C@@H]2NC(=S)Nc2cc(C(F)(F)F)cc(C(F)(F)F)c2)cc(C(F)(F)F)c1. The summed E-state index contributed by atoms with van der Waals surface area (Å²) in [5.74, 6) is 0. The van der Waals surface area contributed by atoms with Gasteiger partial charge in [-0.3, -0.25) is 0 Å². The molecule has 42 heavy (non-hydrogen) atoms. The van der Waals surface area contributed by atoms with E-state index in [1.165, 1.54) is 0 Å². The fourth-order valence-corrected chi connectivity index (χ4v) is 4.74. The number of rotatable bonds is 4. The highest BCUT2D eigenvalue weighted by molar-refractivity contribution is 7.80. The van der Waals surface area contributed by atoms with Crippen LogP contribution in [-0.4, -0.2) is 22.3 Å². The first-order valence-corrected chi connectivity index (χ1v) is 12.7. The highest BCUT2D eigenvalue weighted by atomic mass is 32.1. The fourth-order valence-electron chi connectivity index (χ4n) is 4.20. The zero-order chi connectivity index (χ0) is 31.7. The van der Waals surface area contributed by atoms with Gasteiger partial charge in [-0.2, -0.15) is 52.7 Å². The van der Waals surface area contributed by atoms with Crippen LogP contribution in [0.25, 0.3) is 0 Å². The van der Waals surface area contributed by atoms with Gasteiger partial charge in [0.25, 0.3) is 0 Å². The van der Waals surface area contributed by atoms with E-state index < -0.39 is 70.4 Å². The van der Waals surface area contributed by atoms with Gasteiger partial charge in [-0.05, 0) is 73.7 Å². The van der Waals surface area contributed by atoms with E-state index in [1.54, 1.807) is 0 Å². The molecule has 0 bridgehead atoms. The molecule has 0 aromatic heterocycles.